The number of fused-ring (bicyclic) bond motifs is 1. The number of hydrogen-bond donors (Lipinski definition) is 2. The summed E-state index contributed by atoms with van der Waals surface area (Å²) >= 11 is 9.37. The van der Waals surface area contributed by atoms with E-state index >= 15 is 0 Å². The molecule has 0 aliphatic rings. The number of benzene rings is 1. The Bertz CT molecular complexity index is 478. The molecule has 74 valence electrons. The van der Waals surface area contributed by atoms with Crippen LogP contribution in [0.15, 0.2) is 22.7 Å². The molecule has 1 aromatic carbocycles. The van der Waals surface area contributed by atoms with Crippen molar-refractivity contribution < 1.29 is 5.11 Å². The molecule has 1 unspecified atom stereocenters. The number of aliphatic hydroxyl groups is 1. The van der Waals surface area contributed by atoms with E-state index in [1.807, 2.05) is 18.2 Å². The molecule has 0 fully saturated rings. The molecule has 0 amide bonds. The van der Waals surface area contributed by atoms with Gasteiger partial charge in [0.15, 0.2) is 0 Å². The van der Waals surface area contributed by atoms with Crippen molar-refractivity contribution in [3.05, 3.63) is 33.4 Å². The van der Waals surface area contributed by atoms with Crippen LogP contribution in [-0.4, -0.2) is 10.1 Å². The molecular weight excluding hydrogens is 265 g/mol. The Labute approximate surface area is 95.0 Å². The SMILES string of the molecule is CC(O)c1c(Cl)[nH]c2ccc(Br)cc12. The monoisotopic (exact) mass is 273 g/mol. The molecular formula is C10H9BrClNO. The van der Waals surface area contributed by atoms with E-state index in [1.54, 1.807) is 6.92 Å². The van der Waals surface area contributed by atoms with E-state index in [4.69, 9.17) is 11.6 Å². The molecule has 1 aromatic heterocycles. The van der Waals surface area contributed by atoms with Gasteiger partial charge in [-0.25, -0.2) is 0 Å². The van der Waals surface area contributed by atoms with Crippen LogP contribution < -0.4 is 0 Å². The number of nitrogens with one attached hydrogen (secondary N) is 1. The fourth-order valence-corrected chi connectivity index (χ4v) is 2.28. The van der Waals surface area contributed by atoms with Gasteiger partial charge in [0.05, 0.1) is 6.10 Å². The quantitative estimate of drug-likeness (QED) is 0.818. The summed E-state index contributed by atoms with van der Waals surface area (Å²) in [5, 5.41) is 11.0. The van der Waals surface area contributed by atoms with E-state index in [1.165, 1.54) is 0 Å². The van der Waals surface area contributed by atoms with E-state index in [0.717, 1.165) is 20.9 Å². The number of halogens is 2. The van der Waals surface area contributed by atoms with Crippen LogP contribution in [0.25, 0.3) is 10.9 Å². The third-order valence-corrected chi connectivity index (χ3v) is 2.96. The topological polar surface area (TPSA) is 36.0 Å². The minimum Gasteiger partial charge on any atom is -0.389 e. The predicted octanol–water partition coefficient (Wildman–Crippen LogP) is 3.64. The second-order valence-corrected chi connectivity index (χ2v) is 4.51. The van der Waals surface area contributed by atoms with Crippen molar-refractivity contribution in [2.45, 2.75) is 13.0 Å². The molecule has 0 spiro atoms. The van der Waals surface area contributed by atoms with Crippen molar-refractivity contribution in [1.29, 1.82) is 0 Å². The Morgan fingerprint density at radius 3 is 2.86 bits per heavy atom. The number of H-pyrrole nitrogens is 1. The van der Waals surface area contributed by atoms with Gasteiger partial charge in [0.2, 0.25) is 0 Å². The molecule has 2 nitrogen and oxygen atoms in total. The van der Waals surface area contributed by atoms with Crippen LogP contribution in [0.4, 0.5) is 0 Å². The van der Waals surface area contributed by atoms with Gasteiger partial charge in [-0.3, -0.25) is 0 Å². The molecule has 0 aliphatic heterocycles. The summed E-state index contributed by atoms with van der Waals surface area (Å²) in [6, 6.07) is 5.80. The zero-order valence-corrected chi connectivity index (χ0v) is 9.85. The fraction of sp³-hybridized carbons (Fsp3) is 0.200. The maximum Gasteiger partial charge on any atom is 0.113 e. The molecule has 2 rings (SSSR count). The summed E-state index contributed by atoms with van der Waals surface area (Å²) in [5.74, 6) is 0. The first-order chi connectivity index (χ1) is 6.59. The van der Waals surface area contributed by atoms with Gasteiger partial charge in [-0.2, -0.15) is 0 Å². The maximum absolute atomic E-state index is 9.56. The largest absolute Gasteiger partial charge is 0.389 e. The van der Waals surface area contributed by atoms with Crippen LogP contribution in [0.1, 0.15) is 18.6 Å². The van der Waals surface area contributed by atoms with E-state index < -0.39 is 6.10 Å². The average Bonchev–Trinajstić information content (AvgIpc) is 2.40. The molecule has 0 saturated heterocycles. The minimum atomic E-state index is -0.564. The highest BCUT2D eigenvalue weighted by molar-refractivity contribution is 9.10. The average molecular weight is 275 g/mol. The maximum atomic E-state index is 9.56. The molecule has 2 N–H and O–H groups in total. The van der Waals surface area contributed by atoms with Crippen LogP contribution in [0.5, 0.6) is 0 Å². The molecule has 1 atom stereocenters. The van der Waals surface area contributed by atoms with E-state index in [0.29, 0.717) is 5.15 Å². The Morgan fingerprint density at radius 1 is 1.50 bits per heavy atom. The lowest BCUT2D eigenvalue weighted by atomic mass is 10.1. The number of aromatic nitrogens is 1. The second kappa shape index (κ2) is 3.57. The third-order valence-electron chi connectivity index (χ3n) is 2.17. The Morgan fingerprint density at radius 2 is 2.21 bits per heavy atom. The van der Waals surface area contributed by atoms with Gasteiger partial charge in [-0.1, -0.05) is 27.5 Å². The normalized spacial score (nSPS) is 13.4. The second-order valence-electron chi connectivity index (χ2n) is 3.22. The number of aromatic amines is 1. The molecule has 2 aromatic rings. The molecule has 0 aliphatic carbocycles. The summed E-state index contributed by atoms with van der Waals surface area (Å²) in [5.41, 5.74) is 1.69. The van der Waals surface area contributed by atoms with Crippen molar-refractivity contribution in [3.8, 4) is 0 Å². The Balaban J connectivity index is 2.79. The highest BCUT2D eigenvalue weighted by Crippen LogP contribution is 2.32. The summed E-state index contributed by atoms with van der Waals surface area (Å²) in [7, 11) is 0. The Kier molecular flexibility index (Phi) is 2.56. The molecule has 0 bridgehead atoms. The fourth-order valence-electron chi connectivity index (χ4n) is 1.56. The van der Waals surface area contributed by atoms with Gasteiger partial charge in [0.1, 0.15) is 5.15 Å². The molecule has 14 heavy (non-hydrogen) atoms. The van der Waals surface area contributed by atoms with E-state index in [2.05, 4.69) is 20.9 Å². The zero-order chi connectivity index (χ0) is 10.3. The minimum absolute atomic E-state index is 0.508. The van der Waals surface area contributed by atoms with Crippen molar-refractivity contribution in [2.75, 3.05) is 0 Å². The van der Waals surface area contributed by atoms with E-state index in [-0.39, 0.29) is 0 Å². The van der Waals surface area contributed by atoms with Gasteiger partial charge >= 0.3 is 0 Å². The van der Waals surface area contributed by atoms with Crippen molar-refractivity contribution in [3.63, 3.8) is 0 Å². The van der Waals surface area contributed by atoms with Crippen LogP contribution in [0.3, 0.4) is 0 Å². The standard InChI is InChI=1S/C10H9BrClNO/c1-5(14)9-7-4-6(11)2-3-8(7)13-10(9)12/h2-5,13-14H,1H3. The van der Waals surface area contributed by atoms with Gasteiger partial charge in [-0.05, 0) is 25.1 Å². The first kappa shape index (κ1) is 10.0. The number of rotatable bonds is 1. The van der Waals surface area contributed by atoms with Gasteiger partial charge in [-0.15, -0.1) is 0 Å². The predicted molar refractivity (Wildman–Crippen MR) is 61.6 cm³/mol. The van der Waals surface area contributed by atoms with Crippen LogP contribution in [0, 0.1) is 0 Å². The van der Waals surface area contributed by atoms with Crippen LogP contribution >= 0.6 is 27.5 Å². The molecule has 0 radical (unpaired) electrons. The highest BCUT2D eigenvalue weighted by Gasteiger charge is 2.14. The zero-order valence-electron chi connectivity index (χ0n) is 7.51. The third kappa shape index (κ3) is 1.56. The lowest BCUT2D eigenvalue weighted by Crippen LogP contribution is -1.89. The smallest absolute Gasteiger partial charge is 0.113 e. The first-order valence-corrected chi connectivity index (χ1v) is 5.41. The van der Waals surface area contributed by atoms with Crippen LogP contribution in [0.2, 0.25) is 5.15 Å². The lowest BCUT2D eigenvalue weighted by Gasteiger charge is -2.02. The van der Waals surface area contributed by atoms with Crippen LogP contribution in [-0.2, 0) is 0 Å². The molecule has 4 heteroatoms. The van der Waals surface area contributed by atoms with Gasteiger partial charge < -0.3 is 10.1 Å². The first-order valence-electron chi connectivity index (χ1n) is 4.24. The van der Waals surface area contributed by atoms with Crippen molar-refractivity contribution >= 4 is 38.4 Å². The van der Waals surface area contributed by atoms with Crippen molar-refractivity contribution in [2.24, 2.45) is 0 Å². The molecule has 0 saturated carbocycles. The van der Waals surface area contributed by atoms with Crippen molar-refractivity contribution in [1.82, 2.24) is 4.98 Å². The van der Waals surface area contributed by atoms with Gasteiger partial charge in [0, 0.05) is 20.9 Å². The summed E-state index contributed by atoms with van der Waals surface area (Å²) in [4.78, 5) is 3.02. The number of hydrogen-bond acceptors (Lipinski definition) is 1. The highest BCUT2D eigenvalue weighted by atomic mass is 79.9. The summed E-state index contributed by atoms with van der Waals surface area (Å²) < 4.78 is 0.975. The number of aliphatic hydroxyl groups excluding tert-OH is 1. The van der Waals surface area contributed by atoms with Gasteiger partial charge in [0.25, 0.3) is 0 Å². The summed E-state index contributed by atoms with van der Waals surface area (Å²) in [6.07, 6.45) is -0.564. The molecule has 1 heterocycles. The summed E-state index contributed by atoms with van der Waals surface area (Å²) in [6.45, 7) is 1.70. The van der Waals surface area contributed by atoms with E-state index in [9.17, 15) is 5.11 Å². The lowest BCUT2D eigenvalue weighted by molar-refractivity contribution is 0.201. The Hall–Kier alpha value is -0.510.